The first kappa shape index (κ1) is 20.9. The summed E-state index contributed by atoms with van der Waals surface area (Å²) in [6.45, 7) is -0.452. The third-order valence-corrected chi connectivity index (χ3v) is 5.82. The van der Waals surface area contributed by atoms with Crippen molar-refractivity contribution in [3.8, 4) is 17.3 Å². The zero-order chi connectivity index (χ0) is 22.1. The number of rotatable bonds is 6. The van der Waals surface area contributed by atoms with Crippen molar-refractivity contribution in [3.05, 3.63) is 59.4 Å². The number of nitrogens with one attached hydrogen (secondary N) is 2. The van der Waals surface area contributed by atoms with Crippen LogP contribution in [0.5, 0.6) is 0 Å². The van der Waals surface area contributed by atoms with E-state index in [4.69, 9.17) is 10.4 Å². The van der Waals surface area contributed by atoms with Gasteiger partial charge < -0.3 is 15.4 Å². The van der Waals surface area contributed by atoms with Gasteiger partial charge in [0.05, 0.1) is 18.2 Å². The lowest BCUT2D eigenvalue weighted by atomic mass is 9.71. The van der Waals surface area contributed by atoms with Gasteiger partial charge in [-0.3, -0.25) is 4.79 Å². The van der Waals surface area contributed by atoms with Crippen LogP contribution in [0.25, 0.3) is 22.2 Å². The van der Waals surface area contributed by atoms with E-state index in [1.165, 1.54) is 18.2 Å². The van der Waals surface area contributed by atoms with Crippen molar-refractivity contribution in [1.82, 2.24) is 10.3 Å². The Labute approximate surface area is 176 Å². The number of halogens is 3. The van der Waals surface area contributed by atoms with Crippen LogP contribution in [0, 0.1) is 40.6 Å². The summed E-state index contributed by atoms with van der Waals surface area (Å²) in [4.78, 5) is 15.2. The Balaban J connectivity index is 1.59. The van der Waals surface area contributed by atoms with Crippen LogP contribution in [0.2, 0.25) is 0 Å². The number of carbonyl (C=O) groups excluding carboxylic acids is 1. The van der Waals surface area contributed by atoms with E-state index < -0.39 is 30.1 Å². The summed E-state index contributed by atoms with van der Waals surface area (Å²) in [5, 5.41) is 20.8. The van der Waals surface area contributed by atoms with Crippen LogP contribution in [0.3, 0.4) is 0 Å². The summed E-state index contributed by atoms with van der Waals surface area (Å²) in [5.74, 6) is -2.25. The molecule has 0 aliphatic heterocycles. The predicted molar refractivity (Wildman–Crippen MR) is 108 cm³/mol. The zero-order valence-electron chi connectivity index (χ0n) is 16.5. The van der Waals surface area contributed by atoms with Gasteiger partial charge in [0.1, 0.15) is 23.5 Å². The molecule has 1 unspecified atom stereocenters. The number of aliphatic hydroxyl groups excluding tert-OH is 1. The molecule has 1 saturated carbocycles. The van der Waals surface area contributed by atoms with E-state index in [2.05, 4.69) is 10.3 Å². The number of aromatic amines is 1. The minimum atomic E-state index is -0.934. The van der Waals surface area contributed by atoms with Crippen molar-refractivity contribution in [2.24, 2.45) is 11.8 Å². The standard InChI is InChI=1S/C23H20F3N3O2/c24-15-3-1-13(2-4-15)21-18(19-8-16(25)9-20(26)22(19)29-21)7-12-5-14(6-12)23(31)28-17(10-27)11-30/h1-4,8-9,12,14,17,29-30H,5-7,11H2,(H,28,31). The first-order valence-corrected chi connectivity index (χ1v) is 9.96. The molecule has 1 aliphatic carbocycles. The van der Waals surface area contributed by atoms with Gasteiger partial charge in [-0.2, -0.15) is 5.26 Å². The molecule has 1 atom stereocenters. The van der Waals surface area contributed by atoms with Crippen molar-refractivity contribution in [1.29, 1.82) is 5.26 Å². The Morgan fingerprint density at radius 2 is 1.90 bits per heavy atom. The maximum Gasteiger partial charge on any atom is 0.224 e. The van der Waals surface area contributed by atoms with Gasteiger partial charge in [-0.25, -0.2) is 13.2 Å². The number of carbonyl (C=O) groups is 1. The van der Waals surface area contributed by atoms with Crippen LogP contribution < -0.4 is 5.32 Å². The number of nitrogens with zero attached hydrogens (tertiary/aromatic N) is 1. The van der Waals surface area contributed by atoms with Crippen LogP contribution in [-0.4, -0.2) is 28.6 Å². The summed E-state index contributed by atoms with van der Waals surface area (Å²) in [5.41, 5.74) is 2.15. The SMILES string of the molecule is N#CC(CO)NC(=O)C1CC(Cc2c(-c3ccc(F)cc3)[nH]c3c(F)cc(F)cc23)C1. The van der Waals surface area contributed by atoms with Crippen molar-refractivity contribution in [3.63, 3.8) is 0 Å². The van der Waals surface area contributed by atoms with Crippen molar-refractivity contribution in [2.75, 3.05) is 6.61 Å². The summed E-state index contributed by atoms with van der Waals surface area (Å²) in [6.07, 6.45) is 1.60. The average molecular weight is 427 g/mol. The fourth-order valence-corrected chi connectivity index (χ4v) is 4.16. The number of fused-ring (bicyclic) bond motifs is 1. The Morgan fingerprint density at radius 3 is 2.55 bits per heavy atom. The first-order chi connectivity index (χ1) is 14.9. The second kappa shape index (κ2) is 8.44. The van der Waals surface area contributed by atoms with Crippen molar-refractivity contribution in [2.45, 2.75) is 25.3 Å². The molecule has 31 heavy (non-hydrogen) atoms. The van der Waals surface area contributed by atoms with Crippen LogP contribution in [0.1, 0.15) is 18.4 Å². The predicted octanol–water partition coefficient (Wildman–Crippen LogP) is 3.82. The molecule has 3 N–H and O–H groups in total. The zero-order valence-corrected chi connectivity index (χ0v) is 16.5. The summed E-state index contributed by atoms with van der Waals surface area (Å²) in [6, 6.07) is 8.72. The van der Waals surface area contributed by atoms with Gasteiger partial charge >= 0.3 is 0 Å². The molecule has 1 amide bonds. The molecular weight excluding hydrogens is 407 g/mol. The third kappa shape index (κ3) is 4.14. The average Bonchev–Trinajstić information content (AvgIpc) is 3.07. The maximum atomic E-state index is 14.4. The second-order valence-electron chi connectivity index (χ2n) is 7.91. The fraction of sp³-hybridized carbons (Fsp3) is 0.304. The number of aromatic nitrogens is 1. The summed E-state index contributed by atoms with van der Waals surface area (Å²) in [7, 11) is 0. The minimum absolute atomic E-state index is 0.106. The lowest BCUT2D eigenvalue weighted by Gasteiger charge is -2.35. The van der Waals surface area contributed by atoms with Gasteiger partial charge in [0.25, 0.3) is 0 Å². The van der Waals surface area contributed by atoms with Gasteiger partial charge in [-0.1, -0.05) is 0 Å². The smallest absolute Gasteiger partial charge is 0.224 e. The Hall–Kier alpha value is -3.31. The van der Waals surface area contributed by atoms with Crippen LogP contribution in [0.4, 0.5) is 13.2 Å². The molecule has 0 radical (unpaired) electrons. The normalized spacial score (nSPS) is 18.9. The van der Waals surface area contributed by atoms with Crippen LogP contribution in [0.15, 0.2) is 36.4 Å². The summed E-state index contributed by atoms with van der Waals surface area (Å²) < 4.78 is 41.7. The lowest BCUT2D eigenvalue weighted by Crippen LogP contribution is -2.44. The number of amides is 1. The Morgan fingerprint density at radius 1 is 1.19 bits per heavy atom. The minimum Gasteiger partial charge on any atom is -0.393 e. The van der Waals surface area contributed by atoms with E-state index >= 15 is 0 Å². The van der Waals surface area contributed by atoms with E-state index in [1.807, 2.05) is 6.07 Å². The molecule has 1 aliphatic rings. The molecule has 0 bridgehead atoms. The number of hydrogen-bond acceptors (Lipinski definition) is 3. The largest absolute Gasteiger partial charge is 0.393 e. The highest BCUT2D eigenvalue weighted by Gasteiger charge is 2.36. The van der Waals surface area contributed by atoms with Crippen molar-refractivity contribution >= 4 is 16.8 Å². The molecule has 1 heterocycles. The van der Waals surface area contributed by atoms with E-state index in [0.717, 1.165) is 6.07 Å². The number of H-pyrrole nitrogens is 1. The molecule has 1 aromatic heterocycles. The van der Waals surface area contributed by atoms with Gasteiger partial charge in [-0.05, 0) is 66.6 Å². The number of hydrogen-bond donors (Lipinski definition) is 3. The number of benzene rings is 2. The summed E-state index contributed by atoms with van der Waals surface area (Å²) >= 11 is 0. The van der Waals surface area contributed by atoms with Crippen LogP contribution >= 0.6 is 0 Å². The number of nitriles is 1. The highest BCUT2D eigenvalue weighted by atomic mass is 19.1. The number of aliphatic hydroxyl groups is 1. The van der Waals surface area contributed by atoms with Gasteiger partial charge in [0.15, 0.2) is 0 Å². The highest BCUT2D eigenvalue weighted by molar-refractivity contribution is 5.91. The fourth-order valence-electron chi connectivity index (χ4n) is 4.16. The quantitative estimate of drug-likeness (QED) is 0.559. The first-order valence-electron chi connectivity index (χ1n) is 9.96. The van der Waals surface area contributed by atoms with E-state index in [-0.39, 0.29) is 23.3 Å². The monoisotopic (exact) mass is 427 g/mol. The van der Waals surface area contributed by atoms with E-state index in [1.54, 1.807) is 12.1 Å². The van der Waals surface area contributed by atoms with Gasteiger partial charge in [0, 0.05) is 23.1 Å². The Bertz CT molecular complexity index is 1160. The van der Waals surface area contributed by atoms with Crippen LogP contribution in [-0.2, 0) is 11.2 Å². The van der Waals surface area contributed by atoms with Gasteiger partial charge in [0.2, 0.25) is 5.91 Å². The molecule has 0 saturated heterocycles. The molecule has 0 spiro atoms. The highest BCUT2D eigenvalue weighted by Crippen LogP contribution is 2.41. The Kier molecular flexibility index (Phi) is 5.70. The van der Waals surface area contributed by atoms with E-state index in [9.17, 15) is 18.0 Å². The molecular formula is C23H20F3N3O2. The van der Waals surface area contributed by atoms with E-state index in [0.29, 0.717) is 41.5 Å². The third-order valence-electron chi connectivity index (χ3n) is 5.82. The molecule has 2 aromatic carbocycles. The van der Waals surface area contributed by atoms with Crippen molar-refractivity contribution < 1.29 is 23.1 Å². The molecule has 4 rings (SSSR count). The molecule has 1 fully saturated rings. The topological polar surface area (TPSA) is 88.9 Å². The van der Waals surface area contributed by atoms with Gasteiger partial charge in [-0.15, -0.1) is 0 Å². The molecule has 8 heteroatoms. The second-order valence-corrected chi connectivity index (χ2v) is 7.91. The lowest BCUT2D eigenvalue weighted by molar-refractivity contribution is -0.129. The molecule has 160 valence electrons. The maximum absolute atomic E-state index is 14.4. The molecule has 3 aromatic rings. The molecule has 5 nitrogen and oxygen atoms in total.